The van der Waals surface area contributed by atoms with E-state index in [1.807, 2.05) is 72.8 Å². The summed E-state index contributed by atoms with van der Waals surface area (Å²) in [5.74, 6) is -0.815. The Morgan fingerprint density at radius 3 is 2.43 bits per heavy atom. The van der Waals surface area contributed by atoms with Gasteiger partial charge < -0.3 is 10.4 Å². The van der Waals surface area contributed by atoms with Crippen molar-refractivity contribution in [1.29, 1.82) is 0 Å². The number of nitrogens with zero attached hydrogens (tertiary/aromatic N) is 2. The van der Waals surface area contributed by atoms with Crippen LogP contribution in [0.5, 0.6) is 0 Å². The largest absolute Gasteiger partial charge is 0.481 e. The van der Waals surface area contributed by atoms with Crippen molar-refractivity contribution in [3.63, 3.8) is 0 Å². The maximum absolute atomic E-state index is 13.0. The van der Waals surface area contributed by atoms with E-state index >= 15 is 0 Å². The molecular weight excluding hydrogens is 440 g/mol. The number of rotatable bonds is 6. The van der Waals surface area contributed by atoms with E-state index < -0.39 is 11.9 Å². The zero-order valence-electron chi connectivity index (χ0n) is 20.4. The molecule has 0 spiro atoms. The highest BCUT2D eigenvalue weighted by Crippen LogP contribution is 2.28. The van der Waals surface area contributed by atoms with Crippen molar-refractivity contribution >= 4 is 34.3 Å². The van der Waals surface area contributed by atoms with Crippen molar-refractivity contribution < 1.29 is 14.7 Å². The molecule has 35 heavy (non-hydrogen) atoms. The zero-order valence-corrected chi connectivity index (χ0v) is 20.4. The fourth-order valence-electron chi connectivity index (χ4n) is 3.89. The van der Waals surface area contributed by atoms with Crippen LogP contribution in [0.4, 0.5) is 16.3 Å². The van der Waals surface area contributed by atoms with Crippen LogP contribution in [0, 0.1) is 5.92 Å². The van der Waals surface area contributed by atoms with E-state index in [0.717, 1.165) is 27.7 Å². The second kappa shape index (κ2) is 9.62. The Kier molecular flexibility index (Phi) is 6.60. The van der Waals surface area contributed by atoms with Crippen molar-refractivity contribution in [1.82, 2.24) is 9.78 Å². The molecule has 0 aliphatic heterocycles. The van der Waals surface area contributed by atoms with E-state index in [2.05, 4.69) is 31.4 Å². The lowest BCUT2D eigenvalue weighted by Crippen LogP contribution is -2.21. The van der Waals surface area contributed by atoms with E-state index in [9.17, 15) is 14.7 Å². The van der Waals surface area contributed by atoms with Gasteiger partial charge in [0.25, 0.3) is 0 Å². The number of benzene rings is 3. The maximum atomic E-state index is 13.0. The first-order valence-corrected chi connectivity index (χ1v) is 11.6. The van der Waals surface area contributed by atoms with Crippen LogP contribution in [-0.2, 0) is 16.6 Å². The first-order chi connectivity index (χ1) is 16.6. The van der Waals surface area contributed by atoms with Gasteiger partial charge in [0.1, 0.15) is 5.82 Å². The van der Waals surface area contributed by atoms with Crippen molar-refractivity contribution in [3.8, 4) is 5.69 Å². The van der Waals surface area contributed by atoms with E-state index in [4.69, 9.17) is 5.10 Å². The molecule has 0 saturated carbocycles. The molecule has 0 radical (unpaired) electrons. The number of amides is 2. The number of hydrogen-bond donors (Lipinski definition) is 3. The second-order valence-electron chi connectivity index (χ2n) is 9.80. The molecule has 3 aromatic carbocycles. The molecule has 0 aliphatic carbocycles. The van der Waals surface area contributed by atoms with Gasteiger partial charge >= 0.3 is 12.0 Å². The molecule has 1 aromatic heterocycles. The summed E-state index contributed by atoms with van der Waals surface area (Å²) < 4.78 is 1.69. The summed E-state index contributed by atoms with van der Waals surface area (Å²) in [5, 5.41) is 22.0. The first-order valence-electron chi connectivity index (χ1n) is 11.6. The minimum absolute atomic E-state index is 0.233. The molecule has 0 bridgehead atoms. The number of carbonyl (C=O) groups is 2. The highest BCUT2D eigenvalue weighted by Gasteiger charge is 2.22. The van der Waals surface area contributed by atoms with Crippen molar-refractivity contribution in [2.24, 2.45) is 5.92 Å². The van der Waals surface area contributed by atoms with Crippen LogP contribution in [0.15, 0.2) is 72.8 Å². The quantitative estimate of drug-likeness (QED) is 0.311. The molecule has 2 amide bonds. The van der Waals surface area contributed by atoms with Gasteiger partial charge in [-0.25, -0.2) is 9.48 Å². The number of urea groups is 1. The van der Waals surface area contributed by atoms with Gasteiger partial charge in [-0.05, 0) is 35.6 Å². The third-order valence-electron chi connectivity index (χ3n) is 5.88. The molecule has 7 heteroatoms. The Bertz CT molecular complexity index is 1380. The summed E-state index contributed by atoms with van der Waals surface area (Å²) >= 11 is 0. The van der Waals surface area contributed by atoms with Gasteiger partial charge in [0.15, 0.2) is 0 Å². The Morgan fingerprint density at radius 1 is 0.971 bits per heavy atom. The first kappa shape index (κ1) is 24.0. The van der Waals surface area contributed by atoms with E-state index in [1.54, 1.807) is 11.6 Å². The van der Waals surface area contributed by atoms with E-state index in [1.165, 1.54) is 0 Å². The molecule has 4 rings (SSSR count). The molecule has 0 fully saturated rings. The van der Waals surface area contributed by atoms with Crippen LogP contribution < -0.4 is 10.6 Å². The van der Waals surface area contributed by atoms with Gasteiger partial charge in [0, 0.05) is 16.9 Å². The Balaban J connectivity index is 1.65. The zero-order chi connectivity index (χ0) is 25.2. The molecule has 1 atom stereocenters. The Hall–Kier alpha value is -4.13. The molecule has 1 unspecified atom stereocenters. The molecule has 1 heterocycles. The van der Waals surface area contributed by atoms with Gasteiger partial charge in [-0.15, -0.1) is 0 Å². The fourth-order valence-corrected chi connectivity index (χ4v) is 3.89. The molecule has 0 saturated heterocycles. The Labute approximate surface area is 204 Å². The maximum Gasteiger partial charge on any atom is 0.324 e. The predicted octanol–water partition coefficient (Wildman–Crippen LogP) is 6.23. The van der Waals surface area contributed by atoms with Crippen LogP contribution in [0.25, 0.3) is 16.5 Å². The number of aliphatic carboxylic acids is 1. The predicted molar refractivity (Wildman–Crippen MR) is 139 cm³/mol. The Morgan fingerprint density at radius 2 is 1.69 bits per heavy atom. The lowest BCUT2D eigenvalue weighted by atomic mass is 9.92. The summed E-state index contributed by atoms with van der Waals surface area (Å²) in [6.07, 6.45) is 0.404. The van der Waals surface area contributed by atoms with Crippen LogP contribution in [0.1, 0.15) is 39.0 Å². The number of carboxylic acid groups (broad SMARTS) is 1. The summed E-state index contributed by atoms with van der Waals surface area (Å²) in [7, 11) is 0. The molecule has 3 N–H and O–H groups in total. The summed E-state index contributed by atoms with van der Waals surface area (Å²) in [6.45, 7) is 7.87. The minimum atomic E-state index is -0.836. The monoisotopic (exact) mass is 470 g/mol. The van der Waals surface area contributed by atoms with Crippen LogP contribution >= 0.6 is 0 Å². The second-order valence-corrected chi connectivity index (χ2v) is 9.80. The summed E-state index contributed by atoms with van der Waals surface area (Å²) in [5.41, 5.74) is 2.94. The topological polar surface area (TPSA) is 96.3 Å². The van der Waals surface area contributed by atoms with Gasteiger partial charge in [-0.3, -0.25) is 10.1 Å². The third-order valence-corrected chi connectivity index (χ3v) is 5.88. The van der Waals surface area contributed by atoms with Crippen LogP contribution in [0.3, 0.4) is 0 Å². The third kappa shape index (κ3) is 5.51. The number of carboxylic acids is 1. The van der Waals surface area contributed by atoms with E-state index in [0.29, 0.717) is 17.9 Å². The van der Waals surface area contributed by atoms with Gasteiger partial charge in [-0.2, -0.15) is 5.10 Å². The standard InChI is InChI=1S/C28H30N4O3/c1-18(26(33)34)15-19-9-7-12-21(16-19)32-25(17-24(31-32)28(2,3)4)30-27(35)29-23-14-8-11-20-10-5-6-13-22(20)23/h5-14,16-18H,15H2,1-4H3,(H,33,34)(H2,29,30,35). The van der Waals surface area contributed by atoms with Gasteiger partial charge in [0.2, 0.25) is 0 Å². The number of anilines is 2. The molecule has 0 aliphatic rings. The fraction of sp³-hybridized carbons (Fsp3) is 0.250. The number of aromatic nitrogens is 2. The highest BCUT2D eigenvalue weighted by atomic mass is 16.4. The average molecular weight is 471 g/mol. The normalized spacial score (nSPS) is 12.3. The molecule has 4 aromatic rings. The molecule has 180 valence electrons. The number of hydrogen-bond acceptors (Lipinski definition) is 3. The van der Waals surface area contributed by atoms with Crippen molar-refractivity contribution in [3.05, 3.63) is 84.1 Å². The minimum Gasteiger partial charge on any atom is -0.481 e. The summed E-state index contributed by atoms with van der Waals surface area (Å²) in [6, 6.07) is 22.7. The van der Waals surface area contributed by atoms with Gasteiger partial charge in [-0.1, -0.05) is 76.2 Å². The number of nitrogens with one attached hydrogen (secondary N) is 2. The smallest absolute Gasteiger partial charge is 0.324 e. The highest BCUT2D eigenvalue weighted by molar-refractivity contribution is 6.06. The molecular formula is C28H30N4O3. The summed E-state index contributed by atoms with van der Waals surface area (Å²) in [4.78, 5) is 24.3. The number of fused-ring (bicyclic) bond motifs is 1. The lowest BCUT2D eigenvalue weighted by Gasteiger charge is -2.14. The van der Waals surface area contributed by atoms with Crippen molar-refractivity contribution in [2.45, 2.75) is 39.5 Å². The molecule has 7 nitrogen and oxygen atoms in total. The van der Waals surface area contributed by atoms with Crippen LogP contribution in [-0.4, -0.2) is 26.9 Å². The van der Waals surface area contributed by atoms with E-state index in [-0.39, 0.29) is 11.4 Å². The lowest BCUT2D eigenvalue weighted by molar-refractivity contribution is -0.141. The van der Waals surface area contributed by atoms with Crippen molar-refractivity contribution in [2.75, 3.05) is 10.6 Å². The SMILES string of the molecule is CC(Cc1cccc(-n2nc(C(C)(C)C)cc2NC(=O)Nc2cccc3ccccc23)c1)C(=O)O. The number of carbonyl (C=O) groups excluding carboxylic acids is 1. The average Bonchev–Trinajstić information content (AvgIpc) is 3.23. The van der Waals surface area contributed by atoms with Crippen LogP contribution in [0.2, 0.25) is 0 Å². The van der Waals surface area contributed by atoms with Gasteiger partial charge in [0.05, 0.1) is 23.0 Å².